The number of hydrogen-bond donors (Lipinski definition) is 1. The average Bonchev–Trinajstić information content (AvgIpc) is 3.10. The van der Waals surface area contributed by atoms with Crippen molar-refractivity contribution >= 4 is 11.2 Å². The van der Waals surface area contributed by atoms with Gasteiger partial charge in [0, 0.05) is 12.6 Å². The van der Waals surface area contributed by atoms with Crippen LogP contribution in [0, 0.1) is 24.2 Å². The predicted molar refractivity (Wildman–Crippen MR) is 117 cm³/mol. The fraction of sp³-hybridized carbons (Fsp3) is 0.227. The highest BCUT2D eigenvalue weighted by Crippen LogP contribution is 2.27. The molecule has 1 aromatic carbocycles. The molecule has 0 spiro atoms. The second kappa shape index (κ2) is 8.66. The lowest BCUT2D eigenvalue weighted by Gasteiger charge is -2.13. The van der Waals surface area contributed by atoms with E-state index in [1.807, 2.05) is 0 Å². The summed E-state index contributed by atoms with van der Waals surface area (Å²) in [5.41, 5.74) is 5.70. The number of nitrogens with two attached hydrogens (primary N) is 1. The summed E-state index contributed by atoms with van der Waals surface area (Å²) in [7, 11) is 4.71. The standard InChI is InChI=1S/C22H21N5O4/c1-6-12-26-21(28)19-20(27(22(26)29)17(23)7-2)24-18(25(19)3)11-9-14-8-10-15(30-4)16(13-14)31-5/h1,7-8,10,13,17H,2,12,23H2,3-5H3. The van der Waals surface area contributed by atoms with Crippen molar-refractivity contribution < 1.29 is 9.47 Å². The maximum atomic E-state index is 12.9. The highest BCUT2D eigenvalue weighted by atomic mass is 16.5. The molecule has 2 N–H and O–H groups in total. The summed E-state index contributed by atoms with van der Waals surface area (Å²) >= 11 is 0. The van der Waals surface area contributed by atoms with Crippen molar-refractivity contribution in [3.8, 4) is 35.7 Å². The number of benzene rings is 1. The summed E-state index contributed by atoms with van der Waals surface area (Å²) in [6.45, 7) is 3.42. The normalized spacial score (nSPS) is 11.3. The van der Waals surface area contributed by atoms with Crippen LogP contribution in [-0.2, 0) is 13.6 Å². The topological polar surface area (TPSA) is 106 Å². The zero-order valence-electron chi connectivity index (χ0n) is 17.4. The molecule has 2 heterocycles. The molecule has 3 rings (SSSR count). The van der Waals surface area contributed by atoms with Crippen molar-refractivity contribution in [2.24, 2.45) is 12.8 Å². The molecule has 31 heavy (non-hydrogen) atoms. The molecule has 9 heteroatoms. The highest BCUT2D eigenvalue weighted by molar-refractivity contribution is 5.72. The lowest BCUT2D eigenvalue weighted by Crippen LogP contribution is -2.43. The fourth-order valence-electron chi connectivity index (χ4n) is 3.09. The van der Waals surface area contributed by atoms with Gasteiger partial charge in [0.1, 0.15) is 6.17 Å². The molecule has 0 saturated carbocycles. The molecule has 0 aliphatic rings. The molecule has 0 aliphatic carbocycles. The lowest BCUT2D eigenvalue weighted by molar-refractivity contribution is 0.355. The molecule has 0 amide bonds. The fourth-order valence-corrected chi connectivity index (χ4v) is 3.09. The number of fused-ring (bicyclic) bond motifs is 1. The van der Waals surface area contributed by atoms with Crippen LogP contribution in [0.15, 0.2) is 40.4 Å². The molecule has 0 aliphatic heterocycles. The number of nitrogens with zero attached hydrogens (tertiary/aromatic N) is 4. The van der Waals surface area contributed by atoms with E-state index in [0.29, 0.717) is 17.1 Å². The van der Waals surface area contributed by atoms with Gasteiger partial charge in [-0.3, -0.25) is 9.36 Å². The van der Waals surface area contributed by atoms with Crippen molar-refractivity contribution in [3.05, 3.63) is 63.1 Å². The maximum Gasteiger partial charge on any atom is 0.335 e. The molecule has 9 nitrogen and oxygen atoms in total. The second-order valence-corrected chi connectivity index (χ2v) is 6.46. The predicted octanol–water partition coefficient (Wildman–Crippen LogP) is 0.590. The minimum atomic E-state index is -0.902. The van der Waals surface area contributed by atoms with Crippen LogP contribution < -0.4 is 26.5 Å². The van der Waals surface area contributed by atoms with Gasteiger partial charge in [0.2, 0.25) is 0 Å². The monoisotopic (exact) mass is 419 g/mol. The van der Waals surface area contributed by atoms with Crippen molar-refractivity contribution in [2.75, 3.05) is 14.2 Å². The van der Waals surface area contributed by atoms with Crippen LogP contribution in [0.25, 0.3) is 11.2 Å². The summed E-state index contributed by atoms with van der Waals surface area (Å²) in [5, 5.41) is 0. The van der Waals surface area contributed by atoms with Crippen LogP contribution in [0.4, 0.5) is 0 Å². The quantitative estimate of drug-likeness (QED) is 0.479. The van der Waals surface area contributed by atoms with E-state index in [9.17, 15) is 9.59 Å². The Kier molecular flexibility index (Phi) is 6.00. The first-order chi connectivity index (χ1) is 14.9. The maximum absolute atomic E-state index is 12.9. The Morgan fingerprint density at radius 2 is 1.97 bits per heavy atom. The van der Waals surface area contributed by atoms with Gasteiger partial charge in [-0.15, -0.1) is 6.42 Å². The van der Waals surface area contributed by atoms with E-state index in [2.05, 4.69) is 29.3 Å². The van der Waals surface area contributed by atoms with Crippen molar-refractivity contribution in [2.45, 2.75) is 12.7 Å². The van der Waals surface area contributed by atoms with Crippen molar-refractivity contribution in [1.29, 1.82) is 0 Å². The Morgan fingerprint density at radius 1 is 1.26 bits per heavy atom. The van der Waals surface area contributed by atoms with Gasteiger partial charge in [-0.1, -0.05) is 24.5 Å². The molecular weight excluding hydrogens is 398 g/mol. The lowest BCUT2D eigenvalue weighted by atomic mass is 10.2. The number of aryl methyl sites for hydroxylation is 1. The number of methoxy groups -OCH3 is 2. The van der Waals surface area contributed by atoms with E-state index >= 15 is 0 Å². The number of aromatic nitrogens is 4. The van der Waals surface area contributed by atoms with E-state index in [0.717, 1.165) is 4.57 Å². The smallest absolute Gasteiger partial charge is 0.335 e. The first-order valence-corrected chi connectivity index (χ1v) is 9.15. The van der Waals surface area contributed by atoms with Gasteiger partial charge in [0.25, 0.3) is 5.56 Å². The Hall–Kier alpha value is -4.21. The minimum Gasteiger partial charge on any atom is -0.493 e. The zero-order valence-corrected chi connectivity index (χ0v) is 17.4. The molecule has 158 valence electrons. The molecular formula is C22H21N5O4. The van der Waals surface area contributed by atoms with E-state index in [1.165, 1.54) is 22.3 Å². The highest BCUT2D eigenvalue weighted by Gasteiger charge is 2.21. The summed E-state index contributed by atoms with van der Waals surface area (Å²) in [4.78, 5) is 30.1. The first-order valence-electron chi connectivity index (χ1n) is 9.15. The Morgan fingerprint density at radius 3 is 2.58 bits per heavy atom. The van der Waals surface area contributed by atoms with Crippen LogP contribution >= 0.6 is 0 Å². The van der Waals surface area contributed by atoms with Gasteiger partial charge in [-0.2, -0.15) is 0 Å². The molecule has 0 saturated heterocycles. The summed E-state index contributed by atoms with van der Waals surface area (Å²) in [5.74, 6) is 9.59. The Labute approximate surface area is 178 Å². The van der Waals surface area contributed by atoms with Gasteiger partial charge in [0.15, 0.2) is 28.5 Å². The minimum absolute atomic E-state index is 0.106. The van der Waals surface area contributed by atoms with Crippen LogP contribution in [0.1, 0.15) is 17.6 Å². The van der Waals surface area contributed by atoms with E-state index in [1.54, 1.807) is 32.4 Å². The number of imidazole rings is 1. The van der Waals surface area contributed by atoms with Gasteiger partial charge < -0.3 is 19.8 Å². The summed E-state index contributed by atoms with van der Waals surface area (Å²) < 4.78 is 14.1. The Balaban J connectivity index is 2.25. The average molecular weight is 419 g/mol. The largest absolute Gasteiger partial charge is 0.493 e. The van der Waals surface area contributed by atoms with Crippen LogP contribution in [-0.4, -0.2) is 32.9 Å². The van der Waals surface area contributed by atoms with Gasteiger partial charge in [0.05, 0.1) is 20.8 Å². The molecule has 2 aromatic heterocycles. The van der Waals surface area contributed by atoms with Crippen molar-refractivity contribution in [1.82, 2.24) is 18.7 Å². The van der Waals surface area contributed by atoms with Crippen LogP contribution in [0.5, 0.6) is 11.5 Å². The van der Waals surface area contributed by atoms with Gasteiger partial charge >= 0.3 is 5.69 Å². The zero-order chi connectivity index (χ0) is 22.7. The molecule has 0 fully saturated rings. The molecule has 0 radical (unpaired) electrons. The second-order valence-electron chi connectivity index (χ2n) is 6.46. The Bertz CT molecular complexity index is 1390. The molecule has 3 aromatic rings. The third-order valence-electron chi connectivity index (χ3n) is 4.68. The number of hydrogen-bond acceptors (Lipinski definition) is 6. The third-order valence-corrected chi connectivity index (χ3v) is 4.68. The number of terminal acetylenes is 1. The molecule has 1 unspecified atom stereocenters. The van der Waals surface area contributed by atoms with Crippen molar-refractivity contribution in [3.63, 3.8) is 0 Å². The van der Waals surface area contributed by atoms with Gasteiger partial charge in [-0.05, 0) is 24.1 Å². The van der Waals surface area contributed by atoms with Crippen LogP contribution in [0.2, 0.25) is 0 Å². The van der Waals surface area contributed by atoms with Gasteiger partial charge in [-0.25, -0.2) is 14.3 Å². The van der Waals surface area contributed by atoms with E-state index < -0.39 is 17.4 Å². The third kappa shape index (κ3) is 3.70. The molecule has 1 atom stereocenters. The number of rotatable bonds is 5. The molecule has 0 bridgehead atoms. The first kappa shape index (κ1) is 21.5. The number of ether oxygens (including phenoxy) is 2. The van der Waals surface area contributed by atoms with Crippen LogP contribution in [0.3, 0.4) is 0 Å². The summed E-state index contributed by atoms with van der Waals surface area (Å²) in [6.07, 6.45) is 5.80. The van der Waals surface area contributed by atoms with E-state index in [4.69, 9.17) is 21.6 Å². The SMILES string of the molecule is C#CCn1c(=O)c2c(nc(C#Cc3ccc(OC)c(OC)c3)n2C)n(C(N)C=C)c1=O. The van der Waals surface area contributed by atoms with E-state index in [-0.39, 0.29) is 23.5 Å². The summed E-state index contributed by atoms with van der Waals surface area (Å²) in [6, 6.07) is 5.22.